The van der Waals surface area contributed by atoms with Crippen molar-refractivity contribution < 1.29 is 13.9 Å². The van der Waals surface area contributed by atoms with Gasteiger partial charge in [-0.25, -0.2) is 9.79 Å². The molecule has 194 valence electrons. The Morgan fingerprint density at radius 2 is 1.87 bits per heavy atom. The van der Waals surface area contributed by atoms with Gasteiger partial charge in [0.1, 0.15) is 17.6 Å². The zero-order chi connectivity index (χ0) is 27.1. The van der Waals surface area contributed by atoms with E-state index in [2.05, 4.69) is 4.99 Å². The van der Waals surface area contributed by atoms with Crippen LogP contribution in [0, 0.1) is 0 Å². The average Bonchev–Trinajstić information content (AvgIpc) is 3.44. The maximum atomic E-state index is 13.8. The third-order valence-electron chi connectivity index (χ3n) is 5.88. The van der Waals surface area contributed by atoms with E-state index in [4.69, 9.17) is 44.0 Å². The smallest absolute Gasteiger partial charge is 0.338 e. The lowest BCUT2D eigenvalue weighted by molar-refractivity contribution is -0.143. The zero-order valence-electron chi connectivity index (χ0n) is 20.5. The lowest BCUT2D eigenvalue weighted by atomic mass is 9.96. The Bertz CT molecular complexity index is 1780. The van der Waals surface area contributed by atoms with E-state index in [1.807, 2.05) is 6.07 Å². The molecule has 0 saturated heterocycles. The van der Waals surface area contributed by atoms with Crippen LogP contribution in [0.15, 0.2) is 80.1 Å². The molecule has 0 N–H and O–H groups in total. The number of hydrogen-bond donors (Lipinski definition) is 0. The first-order valence-corrected chi connectivity index (χ1v) is 13.6. The minimum absolute atomic E-state index is 0.265. The summed E-state index contributed by atoms with van der Waals surface area (Å²) in [7, 11) is 0. The van der Waals surface area contributed by atoms with Crippen molar-refractivity contribution in [3.63, 3.8) is 0 Å². The summed E-state index contributed by atoms with van der Waals surface area (Å²) in [6.07, 6.45) is 1.29. The van der Waals surface area contributed by atoms with Crippen LogP contribution in [-0.2, 0) is 9.53 Å². The molecule has 1 aliphatic rings. The molecule has 1 atom stereocenters. The third-order valence-corrected chi connectivity index (χ3v) is 7.77. The highest BCUT2D eigenvalue weighted by Crippen LogP contribution is 2.35. The topological polar surface area (TPSA) is 73.8 Å². The van der Waals surface area contributed by atoms with E-state index in [1.165, 1.54) is 15.9 Å². The number of hydrogen-bond acceptors (Lipinski definition) is 6. The Morgan fingerprint density at radius 1 is 1.11 bits per heavy atom. The van der Waals surface area contributed by atoms with Crippen LogP contribution in [0.5, 0.6) is 0 Å². The summed E-state index contributed by atoms with van der Waals surface area (Å²) in [5, 5.41) is 1.44. The normalized spacial score (nSPS) is 15.6. The fraction of sp³-hybridized carbons (Fsp3) is 0.179. The SMILES string of the molecule is CC1=C(C(=O)OC(C)C)C(c2ccccc2Cl)n2c(sc(=Cc3ccc(-c4cc(Cl)ccc4Cl)o3)c2=O)=N1. The van der Waals surface area contributed by atoms with Crippen LogP contribution in [-0.4, -0.2) is 16.6 Å². The monoisotopic (exact) mass is 586 g/mol. The van der Waals surface area contributed by atoms with Gasteiger partial charge in [0.25, 0.3) is 5.56 Å². The van der Waals surface area contributed by atoms with Crippen LogP contribution in [0.1, 0.15) is 38.1 Å². The van der Waals surface area contributed by atoms with Crippen LogP contribution in [0.2, 0.25) is 15.1 Å². The second-order valence-corrected chi connectivity index (χ2v) is 11.1. The first-order valence-electron chi connectivity index (χ1n) is 11.7. The fourth-order valence-corrected chi connectivity index (χ4v) is 5.89. The Morgan fingerprint density at radius 3 is 2.61 bits per heavy atom. The number of nitrogens with zero attached hydrogens (tertiary/aromatic N) is 2. The van der Waals surface area contributed by atoms with Crippen LogP contribution in [0.4, 0.5) is 0 Å². The highest BCUT2D eigenvalue weighted by atomic mass is 35.5. The van der Waals surface area contributed by atoms with E-state index in [0.29, 0.717) is 52.7 Å². The first-order chi connectivity index (χ1) is 18.1. The van der Waals surface area contributed by atoms with Crippen LogP contribution in [0.25, 0.3) is 17.4 Å². The van der Waals surface area contributed by atoms with Gasteiger partial charge in [-0.3, -0.25) is 9.36 Å². The van der Waals surface area contributed by atoms with Gasteiger partial charge in [-0.2, -0.15) is 0 Å². The van der Waals surface area contributed by atoms with E-state index in [1.54, 1.807) is 75.4 Å². The van der Waals surface area contributed by atoms with Gasteiger partial charge in [0.15, 0.2) is 4.80 Å². The van der Waals surface area contributed by atoms with Gasteiger partial charge in [0.2, 0.25) is 0 Å². The Hall–Kier alpha value is -3.10. The second-order valence-electron chi connectivity index (χ2n) is 8.88. The highest BCUT2D eigenvalue weighted by Gasteiger charge is 2.34. The lowest BCUT2D eigenvalue weighted by Gasteiger charge is -2.26. The summed E-state index contributed by atoms with van der Waals surface area (Å²) in [6, 6.07) is 14.9. The molecule has 3 heterocycles. The fourth-order valence-electron chi connectivity index (χ4n) is 4.24. The van der Waals surface area contributed by atoms with Gasteiger partial charge in [-0.05, 0) is 62.7 Å². The van der Waals surface area contributed by atoms with Gasteiger partial charge >= 0.3 is 5.97 Å². The summed E-state index contributed by atoms with van der Waals surface area (Å²) in [4.78, 5) is 32.0. The van der Waals surface area contributed by atoms with Crippen molar-refractivity contribution in [2.24, 2.45) is 4.99 Å². The van der Waals surface area contributed by atoms with E-state index < -0.39 is 12.0 Å². The molecule has 0 amide bonds. The zero-order valence-corrected chi connectivity index (χ0v) is 23.6. The predicted molar refractivity (Wildman–Crippen MR) is 151 cm³/mol. The first kappa shape index (κ1) is 26.5. The van der Waals surface area contributed by atoms with Gasteiger partial charge in [-0.1, -0.05) is 64.3 Å². The molecule has 0 radical (unpaired) electrons. The number of carbonyl (C=O) groups is 1. The minimum Gasteiger partial charge on any atom is -0.459 e. The molecule has 6 nitrogen and oxygen atoms in total. The third kappa shape index (κ3) is 4.99. The number of carbonyl (C=O) groups excluding carboxylic acids is 1. The summed E-state index contributed by atoms with van der Waals surface area (Å²) >= 11 is 20.2. The standard InChI is InChI=1S/C28H21Cl3N2O4S/c1-14(2)36-27(35)24-15(3)32-28-33(25(24)18-6-4-5-7-20(18)30)26(34)23(38-28)13-17-9-11-22(37-17)19-12-16(29)8-10-21(19)31/h4-14,25H,1-3H3. The number of furan rings is 1. The van der Waals surface area contributed by atoms with Crippen molar-refractivity contribution in [1.29, 1.82) is 0 Å². The Balaban J connectivity index is 1.65. The van der Waals surface area contributed by atoms with E-state index in [-0.39, 0.29) is 17.2 Å². The number of benzene rings is 2. The van der Waals surface area contributed by atoms with Crippen molar-refractivity contribution in [3.8, 4) is 11.3 Å². The molecule has 4 aromatic rings. The molecule has 1 unspecified atom stereocenters. The number of ether oxygens (including phenoxy) is 1. The van der Waals surface area contributed by atoms with Gasteiger partial charge in [-0.15, -0.1) is 0 Å². The largest absolute Gasteiger partial charge is 0.459 e. The number of allylic oxidation sites excluding steroid dienone is 1. The van der Waals surface area contributed by atoms with Crippen molar-refractivity contribution in [1.82, 2.24) is 4.57 Å². The number of rotatable bonds is 5. The number of thiazole rings is 1. The second kappa shape index (κ2) is 10.6. The highest BCUT2D eigenvalue weighted by molar-refractivity contribution is 7.07. The Labute approximate surface area is 237 Å². The van der Waals surface area contributed by atoms with Gasteiger partial charge < -0.3 is 9.15 Å². The number of halogens is 3. The van der Waals surface area contributed by atoms with E-state index >= 15 is 0 Å². The molecular formula is C28H21Cl3N2O4S. The molecule has 0 spiro atoms. The maximum absolute atomic E-state index is 13.8. The summed E-state index contributed by atoms with van der Waals surface area (Å²) in [5.41, 5.74) is 1.64. The molecule has 0 saturated carbocycles. The van der Waals surface area contributed by atoms with Crippen LogP contribution >= 0.6 is 46.1 Å². The lowest BCUT2D eigenvalue weighted by Crippen LogP contribution is -2.40. The molecule has 2 aromatic carbocycles. The van der Waals surface area contributed by atoms with Crippen molar-refractivity contribution in [3.05, 3.63) is 112 Å². The van der Waals surface area contributed by atoms with Crippen LogP contribution in [0.3, 0.4) is 0 Å². The minimum atomic E-state index is -0.800. The molecule has 0 fully saturated rings. The predicted octanol–water partition coefficient (Wildman–Crippen LogP) is 6.41. The summed E-state index contributed by atoms with van der Waals surface area (Å²) < 4.78 is 13.4. The maximum Gasteiger partial charge on any atom is 0.338 e. The van der Waals surface area contributed by atoms with E-state index in [0.717, 1.165) is 0 Å². The number of fused-ring (bicyclic) bond motifs is 1. The van der Waals surface area contributed by atoms with Gasteiger partial charge in [0, 0.05) is 21.7 Å². The molecule has 5 rings (SSSR count). The van der Waals surface area contributed by atoms with Gasteiger partial charge in [0.05, 0.1) is 26.9 Å². The van der Waals surface area contributed by atoms with Crippen molar-refractivity contribution >= 4 is 58.2 Å². The molecule has 2 aromatic heterocycles. The summed E-state index contributed by atoms with van der Waals surface area (Å²) in [6.45, 7) is 5.26. The number of esters is 1. The molecule has 0 bridgehead atoms. The van der Waals surface area contributed by atoms with Crippen LogP contribution < -0.4 is 14.9 Å². The molecule has 10 heteroatoms. The van der Waals surface area contributed by atoms with E-state index in [9.17, 15) is 9.59 Å². The molecule has 0 aliphatic carbocycles. The molecular weight excluding hydrogens is 567 g/mol. The van der Waals surface area contributed by atoms with Crippen molar-refractivity contribution in [2.45, 2.75) is 32.9 Å². The Kier molecular flexibility index (Phi) is 7.38. The number of aromatic nitrogens is 1. The quantitative estimate of drug-likeness (QED) is 0.253. The van der Waals surface area contributed by atoms with Crippen molar-refractivity contribution in [2.75, 3.05) is 0 Å². The molecule has 38 heavy (non-hydrogen) atoms. The average molecular weight is 588 g/mol. The molecule has 1 aliphatic heterocycles. The summed E-state index contributed by atoms with van der Waals surface area (Å²) in [5.74, 6) is 0.417.